The number of rotatable bonds is 1. The molecule has 0 radical (unpaired) electrons. The maximum absolute atomic E-state index is 4.15. The number of aromatic nitrogens is 1. The molecule has 2 nitrogen and oxygen atoms in total. The van der Waals surface area contributed by atoms with Crippen LogP contribution in [0.15, 0.2) is 18.3 Å². The Morgan fingerprint density at radius 1 is 1.67 bits per heavy atom. The van der Waals surface area contributed by atoms with Crippen molar-refractivity contribution in [3.63, 3.8) is 0 Å². The predicted octanol–water partition coefficient (Wildman–Crippen LogP) is 1.55. The Kier molecular flexibility index (Phi) is 0.781. The second kappa shape index (κ2) is 1.47. The monoisotopic (exact) mass is 120 g/mol. The topological polar surface area (TPSA) is 15.9 Å². The summed E-state index contributed by atoms with van der Waals surface area (Å²) in [5.74, 6) is 1.15. The van der Waals surface area contributed by atoms with E-state index in [1.54, 1.807) is 0 Å². The first-order valence-electron chi connectivity index (χ1n) is 3.16. The third-order valence-electron chi connectivity index (χ3n) is 1.58. The van der Waals surface area contributed by atoms with Crippen molar-refractivity contribution in [2.24, 2.45) is 0 Å². The number of pyridine rings is 1. The lowest BCUT2D eigenvalue weighted by atomic mass is 10.5. The van der Waals surface area contributed by atoms with Crippen molar-refractivity contribution in [2.75, 3.05) is 11.4 Å². The maximum Gasteiger partial charge on any atom is 0.157 e. The molecule has 1 aromatic heterocycles. The van der Waals surface area contributed by atoms with Crippen molar-refractivity contribution in [3.05, 3.63) is 18.3 Å². The fourth-order valence-electron chi connectivity index (χ4n) is 1.07. The summed E-state index contributed by atoms with van der Waals surface area (Å²) in [7, 11) is 0. The van der Waals surface area contributed by atoms with E-state index in [4.69, 9.17) is 0 Å². The highest BCUT2D eigenvalue weighted by Crippen LogP contribution is 2.44. The van der Waals surface area contributed by atoms with Gasteiger partial charge in [-0.3, -0.25) is 0 Å². The average Bonchev–Trinajstić information content (AvgIpc) is 2.60. The molecule has 0 atom stereocenters. The normalized spacial score (nSPS) is 13.2. The molecule has 1 aliphatic rings. The molecule has 2 heterocycles. The van der Waals surface area contributed by atoms with E-state index in [1.165, 1.54) is 5.69 Å². The van der Waals surface area contributed by atoms with Crippen LogP contribution in [0.1, 0.15) is 6.92 Å². The lowest BCUT2D eigenvalue weighted by Crippen LogP contribution is -1.95. The van der Waals surface area contributed by atoms with Gasteiger partial charge in [-0.1, -0.05) is 0 Å². The molecule has 46 valence electrons. The maximum atomic E-state index is 4.15. The van der Waals surface area contributed by atoms with Crippen molar-refractivity contribution >= 4 is 11.5 Å². The molecule has 9 heavy (non-hydrogen) atoms. The van der Waals surface area contributed by atoms with Crippen molar-refractivity contribution in [3.8, 4) is 0 Å². The molecule has 0 bridgehead atoms. The lowest BCUT2D eigenvalue weighted by Gasteiger charge is -1.89. The molecule has 0 aliphatic carbocycles. The van der Waals surface area contributed by atoms with Crippen molar-refractivity contribution < 1.29 is 0 Å². The van der Waals surface area contributed by atoms with Gasteiger partial charge in [0, 0.05) is 12.7 Å². The van der Waals surface area contributed by atoms with Crippen LogP contribution in [0.4, 0.5) is 11.5 Å². The minimum Gasteiger partial charge on any atom is -0.322 e. The Bertz CT molecular complexity index is 209. The summed E-state index contributed by atoms with van der Waals surface area (Å²) < 4.78 is 0. The first-order valence-corrected chi connectivity index (χ1v) is 3.16. The van der Waals surface area contributed by atoms with Gasteiger partial charge in [-0.2, -0.15) is 0 Å². The Morgan fingerprint density at radius 2 is 2.56 bits per heavy atom. The molecule has 0 aromatic carbocycles. The number of fused-ring (bicyclic) bond motifs is 1. The minimum absolute atomic E-state index is 1.05. The van der Waals surface area contributed by atoms with E-state index in [0.29, 0.717) is 0 Å². The zero-order valence-electron chi connectivity index (χ0n) is 5.33. The van der Waals surface area contributed by atoms with Gasteiger partial charge in [0.2, 0.25) is 0 Å². The summed E-state index contributed by atoms with van der Waals surface area (Å²) in [6.07, 6.45) is 1.83. The zero-order valence-corrected chi connectivity index (χ0v) is 5.33. The quantitative estimate of drug-likeness (QED) is 0.523. The molecular weight excluding hydrogens is 112 g/mol. The summed E-state index contributed by atoms with van der Waals surface area (Å²) in [6, 6.07) is 4.06. The summed E-state index contributed by atoms with van der Waals surface area (Å²) in [5.41, 5.74) is 1.29. The van der Waals surface area contributed by atoms with E-state index in [0.717, 1.165) is 12.4 Å². The van der Waals surface area contributed by atoms with Gasteiger partial charge >= 0.3 is 0 Å². The van der Waals surface area contributed by atoms with Crippen LogP contribution < -0.4 is 4.90 Å². The number of anilines is 2. The summed E-state index contributed by atoms with van der Waals surface area (Å²) in [6.45, 7) is 3.17. The molecular formula is C7H8N2. The Balaban J connectivity index is 2.35. The number of nitrogens with zero attached hydrogens (tertiary/aromatic N) is 2. The molecule has 0 N–H and O–H groups in total. The first-order chi connectivity index (χ1) is 4.43. The standard InChI is InChI=1S/C7H8N2/c1-2-9-6-4-3-5-8-7(6)9/h3-5H,2H2,1H3. The molecule has 0 spiro atoms. The predicted molar refractivity (Wildman–Crippen MR) is 36.9 cm³/mol. The van der Waals surface area contributed by atoms with Crippen LogP contribution in [0.3, 0.4) is 0 Å². The molecule has 1 aliphatic heterocycles. The van der Waals surface area contributed by atoms with Crippen LogP contribution in [0.2, 0.25) is 0 Å². The molecule has 2 heteroatoms. The SMILES string of the molecule is CCN1c2cccnc21. The highest BCUT2D eigenvalue weighted by atomic mass is 15.3. The molecule has 0 amide bonds. The largest absolute Gasteiger partial charge is 0.322 e. The Hall–Kier alpha value is -1.05. The molecule has 1 aromatic rings. The molecule has 0 saturated carbocycles. The summed E-state index contributed by atoms with van der Waals surface area (Å²) >= 11 is 0. The minimum atomic E-state index is 1.05. The lowest BCUT2D eigenvalue weighted by molar-refractivity contribution is 1.11. The van der Waals surface area contributed by atoms with Gasteiger partial charge in [-0.25, -0.2) is 4.98 Å². The van der Waals surface area contributed by atoms with E-state index in [2.05, 4.69) is 22.9 Å². The van der Waals surface area contributed by atoms with Gasteiger partial charge < -0.3 is 4.90 Å². The number of hydrogen-bond acceptors (Lipinski definition) is 2. The van der Waals surface area contributed by atoms with Crippen LogP contribution in [0, 0.1) is 0 Å². The average molecular weight is 120 g/mol. The second-order valence-electron chi connectivity index (χ2n) is 2.09. The fraction of sp³-hybridized carbons (Fsp3) is 0.286. The summed E-state index contributed by atoms with van der Waals surface area (Å²) in [5, 5.41) is 0. The van der Waals surface area contributed by atoms with Crippen LogP contribution >= 0.6 is 0 Å². The Morgan fingerprint density at radius 3 is 3.11 bits per heavy atom. The highest BCUT2D eigenvalue weighted by molar-refractivity contribution is 5.88. The van der Waals surface area contributed by atoms with Gasteiger partial charge in [-0.05, 0) is 19.1 Å². The van der Waals surface area contributed by atoms with E-state index >= 15 is 0 Å². The zero-order chi connectivity index (χ0) is 6.27. The van der Waals surface area contributed by atoms with Gasteiger partial charge in [0.1, 0.15) is 0 Å². The van der Waals surface area contributed by atoms with Crippen molar-refractivity contribution in [1.29, 1.82) is 0 Å². The first kappa shape index (κ1) is 4.79. The smallest absolute Gasteiger partial charge is 0.157 e. The van der Waals surface area contributed by atoms with Crippen molar-refractivity contribution in [2.45, 2.75) is 6.92 Å². The van der Waals surface area contributed by atoms with Gasteiger partial charge in [0.05, 0.1) is 5.69 Å². The third-order valence-corrected chi connectivity index (χ3v) is 1.58. The third kappa shape index (κ3) is 0.529. The van der Waals surface area contributed by atoms with Crippen LogP contribution in [-0.4, -0.2) is 11.5 Å². The number of hydrogen-bond donors (Lipinski definition) is 0. The van der Waals surface area contributed by atoms with E-state index < -0.39 is 0 Å². The second-order valence-corrected chi connectivity index (χ2v) is 2.09. The fourth-order valence-corrected chi connectivity index (χ4v) is 1.07. The molecule has 0 unspecified atom stereocenters. The molecule has 2 rings (SSSR count). The highest BCUT2D eigenvalue weighted by Gasteiger charge is 2.27. The summed E-state index contributed by atoms with van der Waals surface area (Å²) in [4.78, 5) is 6.33. The van der Waals surface area contributed by atoms with Crippen LogP contribution in [0.5, 0.6) is 0 Å². The van der Waals surface area contributed by atoms with Gasteiger partial charge in [-0.15, -0.1) is 0 Å². The van der Waals surface area contributed by atoms with Crippen LogP contribution in [-0.2, 0) is 0 Å². The molecule has 0 fully saturated rings. The van der Waals surface area contributed by atoms with Crippen LogP contribution in [0.25, 0.3) is 0 Å². The van der Waals surface area contributed by atoms with Gasteiger partial charge in [0.15, 0.2) is 5.82 Å². The van der Waals surface area contributed by atoms with Crippen molar-refractivity contribution in [1.82, 2.24) is 4.98 Å². The van der Waals surface area contributed by atoms with E-state index in [1.807, 2.05) is 12.3 Å². The van der Waals surface area contributed by atoms with E-state index in [9.17, 15) is 0 Å². The Labute approximate surface area is 54.1 Å². The molecule has 0 saturated heterocycles. The van der Waals surface area contributed by atoms with E-state index in [-0.39, 0.29) is 0 Å². The van der Waals surface area contributed by atoms with Gasteiger partial charge in [0.25, 0.3) is 0 Å².